The van der Waals surface area contributed by atoms with Gasteiger partial charge in [0, 0.05) is 4.47 Å². The van der Waals surface area contributed by atoms with Gasteiger partial charge in [0.2, 0.25) is 0 Å². The van der Waals surface area contributed by atoms with Crippen molar-refractivity contribution in [2.24, 2.45) is 0 Å². The minimum Gasteiger partial charge on any atom is -0.296 e. The first-order chi connectivity index (χ1) is 5.83. The van der Waals surface area contributed by atoms with Crippen molar-refractivity contribution < 1.29 is 4.79 Å². The molecule has 0 aliphatic carbocycles. The molecule has 2 rings (SSSR count). The van der Waals surface area contributed by atoms with Crippen molar-refractivity contribution in [3.8, 4) is 0 Å². The molecule has 0 radical (unpaired) electrons. The summed E-state index contributed by atoms with van der Waals surface area (Å²) in [6, 6.07) is 3.73. The first-order valence-corrected chi connectivity index (χ1v) is 4.18. The first kappa shape index (κ1) is 7.49. The number of carbonyl (C=O) groups is 1. The van der Waals surface area contributed by atoms with Crippen molar-refractivity contribution in [1.29, 1.82) is 0 Å². The third-order valence-electron chi connectivity index (χ3n) is 1.68. The minimum atomic E-state index is 0.588. The van der Waals surface area contributed by atoms with Crippen LogP contribution in [0.15, 0.2) is 29.1 Å². The molecule has 0 aliphatic heterocycles. The van der Waals surface area contributed by atoms with Gasteiger partial charge in [-0.3, -0.25) is 9.20 Å². The monoisotopic (exact) mass is 224 g/mol. The Hall–Kier alpha value is -1.16. The predicted molar refractivity (Wildman–Crippen MR) is 48.3 cm³/mol. The highest BCUT2D eigenvalue weighted by Crippen LogP contribution is 2.16. The summed E-state index contributed by atoms with van der Waals surface area (Å²) in [5, 5.41) is 0. The van der Waals surface area contributed by atoms with Crippen molar-refractivity contribution in [1.82, 2.24) is 9.38 Å². The van der Waals surface area contributed by atoms with E-state index in [1.165, 1.54) is 0 Å². The van der Waals surface area contributed by atoms with Gasteiger partial charge in [0.15, 0.2) is 6.29 Å². The lowest BCUT2D eigenvalue weighted by Crippen LogP contribution is -1.94. The van der Waals surface area contributed by atoms with Gasteiger partial charge in [-0.2, -0.15) is 0 Å². The number of hydrogen-bond donors (Lipinski definition) is 0. The van der Waals surface area contributed by atoms with Gasteiger partial charge in [-0.15, -0.1) is 0 Å². The van der Waals surface area contributed by atoms with E-state index in [4.69, 9.17) is 0 Å². The zero-order chi connectivity index (χ0) is 8.55. The minimum absolute atomic E-state index is 0.588. The van der Waals surface area contributed by atoms with Crippen LogP contribution >= 0.6 is 15.9 Å². The lowest BCUT2D eigenvalue weighted by atomic mass is 10.3. The second kappa shape index (κ2) is 2.71. The highest BCUT2D eigenvalue weighted by molar-refractivity contribution is 9.10. The third-order valence-corrected chi connectivity index (χ3v) is 2.35. The molecule has 0 saturated carbocycles. The van der Waals surface area contributed by atoms with Crippen LogP contribution in [0.2, 0.25) is 0 Å². The van der Waals surface area contributed by atoms with Crippen molar-refractivity contribution in [3.05, 3.63) is 34.8 Å². The van der Waals surface area contributed by atoms with E-state index in [9.17, 15) is 4.79 Å². The molecule has 4 heteroatoms. The van der Waals surface area contributed by atoms with E-state index in [0.717, 1.165) is 16.3 Å². The molecule has 0 N–H and O–H groups in total. The van der Waals surface area contributed by atoms with E-state index in [-0.39, 0.29) is 0 Å². The quantitative estimate of drug-likeness (QED) is 0.694. The van der Waals surface area contributed by atoms with E-state index in [1.807, 2.05) is 12.1 Å². The van der Waals surface area contributed by atoms with Crippen molar-refractivity contribution in [2.45, 2.75) is 0 Å². The van der Waals surface area contributed by atoms with E-state index in [2.05, 4.69) is 20.9 Å². The molecular weight excluding hydrogens is 220 g/mol. The Labute approximate surface area is 77.2 Å². The number of halogens is 1. The van der Waals surface area contributed by atoms with Gasteiger partial charge >= 0.3 is 0 Å². The van der Waals surface area contributed by atoms with Gasteiger partial charge in [0.05, 0.1) is 18.0 Å². The van der Waals surface area contributed by atoms with Gasteiger partial charge in [-0.1, -0.05) is 0 Å². The fourth-order valence-corrected chi connectivity index (χ4v) is 1.52. The van der Waals surface area contributed by atoms with Crippen LogP contribution in [-0.2, 0) is 0 Å². The summed E-state index contributed by atoms with van der Waals surface area (Å²) < 4.78 is 2.51. The second-order valence-electron chi connectivity index (χ2n) is 2.37. The molecule has 0 atom stereocenters. The average molecular weight is 225 g/mol. The van der Waals surface area contributed by atoms with Gasteiger partial charge in [-0.25, -0.2) is 4.98 Å². The van der Waals surface area contributed by atoms with Crippen LogP contribution in [0.25, 0.3) is 5.52 Å². The Morgan fingerprint density at radius 2 is 2.33 bits per heavy atom. The third kappa shape index (κ3) is 0.956. The first-order valence-electron chi connectivity index (χ1n) is 3.38. The summed E-state index contributed by atoms with van der Waals surface area (Å²) >= 11 is 3.28. The van der Waals surface area contributed by atoms with Crippen molar-refractivity contribution in [2.75, 3.05) is 0 Å². The SMILES string of the molecule is O=Cc1c(Br)ccc2cncn12. The maximum Gasteiger partial charge on any atom is 0.168 e. The van der Waals surface area contributed by atoms with Crippen molar-refractivity contribution in [3.63, 3.8) is 0 Å². The summed E-state index contributed by atoms with van der Waals surface area (Å²) in [4.78, 5) is 14.6. The Morgan fingerprint density at radius 3 is 3.08 bits per heavy atom. The molecule has 0 fully saturated rings. The smallest absolute Gasteiger partial charge is 0.168 e. The summed E-state index contributed by atoms with van der Waals surface area (Å²) in [6.45, 7) is 0. The summed E-state index contributed by atoms with van der Waals surface area (Å²) in [5.74, 6) is 0. The normalized spacial score (nSPS) is 10.4. The molecule has 0 bridgehead atoms. The number of fused-ring (bicyclic) bond motifs is 1. The summed E-state index contributed by atoms with van der Waals surface area (Å²) in [5.41, 5.74) is 1.50. The lowest BCUT2D eigenvalue weighted by molar-refractivity contribution is 0.111. The van der Waals surface area contributed by atoms with Gasteiger partial charge < -0.3 is 0 Å². The van der Waals surface area contributed by atoms with Gasteiger partial charge in [-0.05, 0) is 28.1 Å². The topological polar surface area (TPSA) is 34.4 Å². The molecule has 0 saturated heterocycles. The molecule has 2 aromatic rings. The van der Waals surface area contributed by atoms with E-state index in [1.54, 1.807) is 16.9 Å². The largest absolute Gasteiger partial charge is 0.296 e. The van der Waals surface area contributed by atoms with Crippen molar-refractivity contribution >= 4 is 27.7 Å². The van der Waals surface area contributed by atoms with Crippen LogP contribution in [0.1, 0.15) is 10.5 Å². The summed E-state index contributed by atoms with van der Waals surface area (Å²) in [7, 11) is 0. The molecule has 0 unspecified atom stereocenters. The Balaban J connectivity index is 2.91. The number of carbonyl (C=O) groups excluding carboxylic acids is 1. The zero-order valence-electron chi connectivity index (χ0n) is 6.07. The Bertz CT molecular complexity index is 436. The van der Waals surface area contributed by atoms with Crippen LogP contribution in [0.5, 0.6) is 0 Å². The average Bonchev–Trinajstić information content (AvgIpc) is 2.52. The molecule has 2 aromatic heterocycles. The van der Waals surface area contributed by atoms with Crippen LogP contribution in [0.3, 0.4) is 0 Å². The zero-order valence-corrected chi connectivity index (χ0v) is 7.65. The van der Waals surface area contributed by atoms with Crippen LogP contribution < -0.4 is 0 Å². The van der Waals surface area contributed by atoms with E-state index in [0.29, 0.717) is 5.69 Å². The van der Waals surface area contributed by atoms with Crippen LogP contribution in [0.4, 0.5) is 0 Å². The molecule has 0 spiro atoms. The number of pyridine rings is 1. The number of nitrogens with zero attached hydrogens (tertiary/aromatic N) is 2. The summed E-state index contributed by atoms with van der Waals surface area (Å²) in [6.07, 6.45) is 4.13. The molecule has 0 aliphatic rings. The number of imidazole rings is 1. The Morgan fingerprint density at radius 1 is 1.50 bits per heavy atom. The van der Waals surface area contributed by atoms with E-state index >= 15 is 0 Å². The molecule has 0 aromatic carbocycles. The van der Waals surface area contributed by atoms with Gasteiger partial charge in [0.25, 0.3) is 0 Å². The maximum absolute atomic E-state index is 10.7. The standard InChI is InChI=1S/C8H5BrN2O/c9-7-2-1-6-3-10-5-11(6)8(7)4-12/h1-5H. The highest BCUT2D eigenvalue weighted by Gasteiger charge is 2.02. The second-order valence-corrected chi connectivity index (χ2v) is 3.23. The maximum atomic E-state index is 10.7. The molecule has 12 heavy (non-hydrogen) atoms. The van der Waals surface area contributed by atoms with E-state index < -0.39 is 0 Å². The molecule has 60 valence electrons. The predicted octanol–water partition coefficient (Wildman–Crippen LogP) is 1.91. The number of aldehydes is 1. The highest BCUT2D eigenvalue weighted by atomic mass is 79.9. The lowest BCUT2D eigenvalue weighted by Gasteiger charge is -1.99. The fourth-order valence-electron chi connectivity index (χ4n) is 1.10. The fraction of sp³-hybridized carbons (Fsp3) is 0. The van der Waals surface area contributed by atoms with Gasteiger partial charge in [0.1, 0.15) is 5.69 Å². The molecular formula is C8H5BrN2O. The molecule has 3 nitrogen and oxygen atoms in total. The number of aromatic nitrogens is 2. The van der Waals surface area contributed by atoms with Crippen LogP contribution in [0, 0.1) is 0 Å². The molecule has 0 amide bonds. The Kier molecular flexibility index (Phi) is 1.69. The molecule has 2 heterocycles. The number of rotatable bonds is 1. The number of hydrogen-bond acceptors (Lipinski definition) is 2. The van der Waals surface area contributed by atoms with Crippen LogP contribution in [-0.4, -0.2) is 15.7 Å².